The third kappa shape index (κ3) is 3.57. The maximum Gasteiger partial charge on any atom is 0.269 e. The highest BCUT2D eigenvalue weighted by molar-refractivity contribution is 6.15. The molecular formula is C24H24N4O4. The Morgan fingerprint density at radius 3 is 2.50 bits per heavy atom. The number of hydrogen-bond donors (Lipinski definition) is 0. The van der Waals surface area contributed by atoms with E-state index in [0.717, 1.165) is 20.9 Å². The van der Waals surface area contributed by atoms with Gasteiger partial charge in [0.2, 0.25) is 11.8 Å². The van der Waals surface area contributed by atoms with Crippen molar-refractivity contribution in [3.8, 4) is 0 Å². The van der Waals surface area contributed by atoms with Crippen LogP contribution in [-0.2, 0) is 20.9 Å². The molecule has 8 heteroatoms. The summed E-state index contributed by atoms with van der Waals surface area (Å²) in [6, 6.07) is 13.1. The van der Waals surface area contributed by atoms with Gasteiger partial charge in [0.1, 0.15) is 29.8 Å². The summed E-state index contributed by atoms with van der Waals surface area (Å²) in [6.07, 6.45) is 3.15. The van der Waals surface area contributed by atoms with Gasteiger partial charge in [-0.2, -0.15) is 0 Å². The molecule has 1 fully saturated rings. The zero-order valence-electron chi connectivity index (χ0n) is 18.2. The molecular weight excluding hydrogens is 408 g/mol. The molecule has 1 aromatic carbocycles. The number of amides is 2. The van der Waals surface area contributed by atoms with Crippen LogP contribution in [0, 0.1) is 25.0 Å². The molecule has 3 aromatic rings. The second-order valence-corrected chi connectivity index (χ2v) is 8.05. The van der Waals surface area contributed by atoms with E-state index in [0.29, 0.717) is 17.8 Å². The lowest BCUT2D eigenvalue weighted by Gasteiger charge is -2.22. The first-order chi connectivity index (χ1) is 15.3. The van der Waals surface area contributed by atoms with Crippen molar-refractivity contribution in [1.82, 2.24) is 14.5 Å². The van der Waals surface area contributed by atoms with Gasteiger partial charge in [0, 0.05) is 33.2 Å². The van der Waals surface area contributed by atoms with Gasteiger partial charge in [0.15, 0.2) is 5.78 Å². The smallest absolute Gasteiger partial charge is 0.269 e. The van der Waals surface area contributed by atoms with Crippen molar-refractivity contribution >= 4 is 17.6 Å². The van der Waals surface area contributed by atoms with Gasteiger partial charge in [0.25, 0.3) is 5.82 Å². The highest BCUT2D eigenvalue weighted by Crippen LogP contribution is 2.36. The monoisotopic (exact) mass is 432 g/mol. The minimum Gasteiger partial charge on any atom is -0.711 e. The summed E-state index contributed by atoms with van der Waals surface area (Å²) in [7, 11) is 0. The molecule has 2 aromatic heterocycles. The van der Waals surface area contributed by atoms with Gasteiger partial charge in [-0.1, -0.05) is 36.4 Å². The molecule has 1 aliphatic heterocycles. The molecule has 8 nitrogen and oxygen atoms in total. The van der Waals surface area contributed by atoms with Crippen LogP contribution in [0.1, 0.15) is 41.2 Å². The quantitative estimate of drug-likeness (QED) is 0.348. The number of carbonyl (C=O) groups is 3. The van der Waals surface area contributed by atoms with Crippen LogP contribution in [0.25, 0.3) is 0 Å². The van der Waals surface area contributed by atoms with Gasteiger partial charge in [-0.25, -0.2) is 9.30 Å². The molecule has 0 radical (unpaired) electrons. The molecule has 0 spiro atoms. The van der Waals surface area contributed by atoms with Crippen molar-refractivity contribution in [1.29, 1.82) is 0 Å². The fourth-order valence-electron chi connectivity index (χ4n) is 4.34. The molecule has 164 valence electrons. The van der Waals surface area contributed by atoms with E-state index in [9.17, 15) is 19.6 Å². The molecule has 32 heavy (non-hydrogen) atoms. The standard InChI is InChI=1S/C24H24N4O4/c1-15-16(2)28(32)23(26(15)13-18-8-5-4-6-9-18)21(19-10-7-11-25-12-19)22-20(30)14-27(17(3)29)24(22)31/h4-12,21-22H,13-14H2,1-3H3/t21-,22-/m1/s1. The van der Waals surface area contributed by atoms with Gasteiger partial charge >= 0.3 is 0 Å². The third-order valence-corrected chi connectivity index (χ3v) is 6.13. The van der Waals surface area contributed by atoms with Crippen LogP contribution < -0.4 is 4.73 Å². The number of benzene rings is 1. The Kier molecular flexibility index (Phi) is 5.61. The summed E-state index contributed by atoms with van der Waals surface area (Å²) in [4.78, 5) is 43.2. The predicted molar refractivity (Wildman–Crippen MR) is 115 cm³/mol. The van der Waals surface area contributed by atoms with Crippen LogP contribution >= 0.6 is 0 Å². The van der Waals surface area contributed by atoms with E-state index in [2.05, 4.69) is 4.98 Å². The molecule has 2 amide bonds. The number of imide groups is 1. The summed E-state index contributed by atoms with van der Waals surface area (Å²) >= 11 is 0. The third-order valence-electron chi connectivity index (χ3n) is 6.13. The van der Waals surface area contributed by atoms with Crippen LogP contribution in [0.5, 0.6) is 0 Å². The number of ketones is 1. The molecule has 1 aliphatic rings. The van der Waals surface area contributed by atoms with E-state index in [-0.39, 0.29) is 18.2 Å². The lowest BCUT2D eigenvalue weighted by atomic mass is 9.84. The number of nitrogens with zero attached hydrogens (tertiary/aromatic N) is 4. The van der Waals surface area contributed by atoms with Crippen molar-refractivity contribution in [3.05, 3.63) is 88.4 Å². The molecule has 0 aliphatic carbocycles. The minimum absolute atomic E-state index is 0.286. The molecule has 0 bridgehead atoms. The molecule has 0 unspecified atom stereocenters. The van der Waals surface area contributed by atoms with Crippen LogP contribution in [0.4, 0.5) is 0 Å². The second-order valence-electron chi connectivity index (χ2n) is 8.05. The Hall–Kier alpha value is -3.81. The number of likely N-dealkylation sites (tertiary alicyclic amines) is 1. The van der Waals surface area contributed by atoms with Crippen LogP contribution in [0.15, 0.2) is 54.9 Å². The van der Waals surface area contributed by atoms with Gasteiger partial charge in [-0.05, 0) is 17.2 Å². The maximum atomic E-state index is 13.4. The average Bonchev–Trinajstić information content (AvgIpc) is 3.19. The summed E-state index contributed by atoms with van der Waals surface area (Å²) < 4.78 is 2.65. The Bertz CT molecular complexity index is 1190. The van der Waals surface area contributed by atoms with Gasteiger partial charge in [-0.3, -0.25) is 24.3 Å². The molecule has 1 saturated heterocycles. The molecule has 0 saturated carbocycles. The van der Waals surface area contributed by atoms with E-state index >= 15 is 0 Å². The lowest BCUT2D eigenvalue weighted by molar-refractivity contribution is -0.621. The SMILES string of the molecule is CC(=O)N1CC(=O)[C@H]([C@@H](c2cccnc2)c2n(Cc3ccccc3)c(C)c(C)[n+]2[O-])C1=O. The van der Waals surface area contributed by atoms with Crippen LogP contribution in [-0.4, -0.2) is 38.6 Å². The largest absolute Gasteiger partial charge is 0.711 e. The topological polar surface area (TPSA) is 99.2 Å². The summed E-state index contributed by atoms with van der Waals surface area (Å²) in [5, 5.41) is 13.4. The molecule has 4 rings (SSSR count). The number of rotatable bonds is 5. The van der Waals surface area contributed by atoms with Gasteiger partial charge in [-0.15, -0.1) is 0 Å². The van der Waals surface area contributed by atoms with Crippen molar-refractivity contribution in [2.24, 2.45) is 5.92 Å². The molecule has 0 N–H and O–H groups in total. The van der Waals surface area contributed by atoms with Crippen molar-refractivity contribution in [3.63, 3.8) is 0 Å². The van der Waals surface area contributed by atoms with Crippen molar-refractivity contribution in [2.75, 3.05) is 6.54 Å². The van der Waals surface area contributed by atoms with Crippen LogP contribution in [0.2, 0.25) is 0 Å². The summed E-state index contributed by atoms with van der Waals surface area (Å²) in [5.74, 6) is -3.22. The Morgan fingerprint density at radius 2 is 1.91 bits per heavy atom. The Morgan fingerprint density at radius 1 is 1.19 bits per heavy atom. The zero-order chi connectivity index (χ0) is 23.0. The number of imidazole rings is 1. The fourth-order valence-corrected chi connectivity index (χ4v) is 4.34. The summed E-state index contributed by atoms with van der Waals surface area (Å²) in [6.45, 7) is 4.93. The molecule has 3 heterocycles. The average molecular weight is 432 g/mol. The normalized spacial score (nSPS) is 17.1. The van der Waals surface area contributed by atoms with E-state index in [1.54, 1.807) is 31.5 Å². The highest BCUT2D eigenvalue weighted by atomic mass is 16.5. The first-order valence-electron chi connectivity index (χ1n) is 10.4. The predicted octanol–water partition coefficient (Wildman–Crippen LogP) is 1.89. The van der Waals surface area contributed by atoms with E-state index < -0.39 is 23.7 Å². The van der Waals surface area contributed by atoms with Crippen molar-refractivity contribution < 1.29 is 19.1 Å². The Balaban J connectivity index is 1.92. The Labute approximate surface area is 185 Å². The fraction of sp³-hybridized carbons (Fsp3) is 0.292. The van der Waals surface area contributed by atoms with E-state index in [1.807, 2.05) is 41.8 Å². The second kappa shape index (κ2) is 8.37. The zero-order valence-corrected chi connectivity index (χ0v) is 18.2. The van der Waals surface area contributed by atoms with Crippen LogP contribution in [0.3, 0.4) is 0 Å². The maximum absolute atomic E-state index is 13.4. The first kappa shape index (κ1) is 21.4. The number of pyridine rings is 1. The molecule has 2 atom stereocenters. The van der Waals surface area contributed by atoms with E-state index in [1.165, 1.54) is 6.92 Å². The number of Topliss-reactive ketones (excluding diaryl/α,β-unsaturated/α-hetero) is 1. The number of aromatic nitrogens is 3. The van der Waals surface area contributed by atoms with E-state index in [4.69, 9.17) is 0 Å². The van der Waals surface area contributed by atoms with Gasteiger partial charge < -0.3 is 5.21 Å². The minimum atomic E-state index is -1.17. The number of hydrogen-bond acceptors (Lipinski definition) is 5. The lowest BCUT2D eigenvalue weighted by Crippen LogP contribution is -2.41. The number of carbonyl (C=O) groups excluding carboxylic acids is 3. The van der Waals surface area contributed by atoms with Crippen molar-refractivity contribution in [2.45, 2.75) is 33.2 Å². The summed E-state index contributed by atoms with van der Waals surface area (Å²) in [5.41, 5.74) is 2.79. The van der Waals surface area contributed by atoms with Gasteiger partial charge in [0.05, 0.1) is 6.54 Å². The first-order valence-corrected chi connectivity index (χ1v) is 10.4. The highest BCUT2D eigenvalue weighted by Gasteiger charge is 2.50.